The molecule has 4 heteroatoms. The molecule has 4 nitrogen and oxygen atoms in total. The van der Waals surface area contributed by atoms with Crippen molar-refractivity contribution in [3.63, 3.8) is 0 Å². The van der Waals surface area contributed by atoms with Crippen molar-refractivity contribution in [1.82, 2.24) is 5.32 Å². The van der Waals surface area contributed by atoms with Crippen LogP contribution in [-0.4, -0.2) is 23.0 Å². The van der Waals surface area contributed by atoms with Gasteiger partial charge in [0.25, 0.3) is 0 Å². The first-order chi connectivity index (χ1) is 6.07. The number of rotatable bonds is 4. The number of carboxylic acid groups (broad SMARTS) is 1. The highest BCUT2D eigenvalue weighted by atomic mass is 16.4. The minimum absolute atomic E-state index is 0.409. The summed E-state index contributed by atoms with van der Waals surface area (Å²) in [6.45, 7) is 3.23. The summed E-state index contributed by atoms with van der Waals surface area (Å²) < 4.78 is 0. The van der Waals surface area contributed by atoms with Gasteiger partial charge in [-0.1, -0.05) is 18.2 Å². The molecule has 1 amide bonds. The van der Waals surface area contributed by atoms with Crippen LogP contribution in [0.2, 0.25) is 0 Å². The molecule has 1 atom stereocenters. The summed E-state index contributed by atoms with van der Waals surface area (Å²) >= 11 is 0. The lowest BCUT2D eigenvalue weighted by Crippen LogP contribution is -2.37. The van der Waals surface area contributed by atoms with E-state index in [-0.39, 0.29) is 0 Å². The minimum atomic E-state index is -1.05. The number of hydrogen-bond donors (Lipinski definition) is 2. The molecular weight excluding hydrogens is 170 g/mol. The zero-order valence-electron chi connectivity index (χ0n) is 7.65. The number of amides is 1. The molecule has 0 spiro atoms. The summed E-state index contributed by atoms with van der Waals surface area (Å²) in [4.78, 5) is 21.2. The summed E-state index contributed by atoms with van der Waals surface area (Å²) in [5.41, 5.74) is 0. The first-order valence-electron chi connectivity index (χ1n) is 3.90. The van der Waals surface area contributed by atoms with Crippen LogP contribution < -0.4 is 5.32 Å². The highest BCUT2D eigenvalue weighted by Crippen LogP contribution is 1.83. The van der Waals surface area contributed by atoms with Gasteiger partial charge in [0.1, 0.15) is 6.04 Å². The Morgan fingerprint density at radius 1 is 1.38 bits per heavy atom. The molecular formula is C9H13NO3. The Hall–Kier alpha value is -1.58. The van der Waals surface area contributed by atoms with Gasteiger partial charge in [0.2, 0.25) is 5.91 Å². The van der Waals surface area contributed by atoms with Crippen LogP contribution in [0.1, 0.15) is 13.8 Å². The smallest absolute Gasteiger partial charge is 0.325 e. The number of carboxylic acids is 1. The van der Waals surface area contributed by atoms with Gasteiger partial charge in [-0.2, -0.15) is 0 Å². The summed E-state index contributed by atoms with van der Waals surface area (Å²) in [7, 11) is 0. The van der Waals surface area contributed by atoms with E-state index in [1.165, 1.54) is 13.0 Å². The van der Waals surface area contributed by atoms with E-state index in [2.05, 4.69) is 5.32 Å². The van der Waals surface area contributed by atoms with E-state index < -0.39 is 17.9 Å². The maximum atomic E-state index is 10.9. The predicted molar refractivity (Wildman–Crippen MR) is 49.2 cm³/mol. The number of carbonyl (C=O) groups excluding carboxylic acids is 1. The third-order valence-corrected chi connectivity index (χ3v) is 1.28. The van der Waals surface area contributed by atoms with Gasteiger partial charge in [-0.25, -0.2) is 0 Å². The van der Waals surface area contributed by atoms with Gasteiger partial charge >= 0.3 is 5.97 Å². The highest BCUT2D eigenvalue weighted by Gasteiger charge is 2.11. The number of aliphatic carboxylic acids is 1. The lowest BCUT2D eigenvalue weighted by molar-refractivity contribution is -0.140. The maximum Gasteiger partial charge on any atom is 0.325 e. The minimum Gasteiger partial charge on any atom is -0.480 e. The van der Waals surface area contributed by atoms with E-state index >= 15 is 0 Å². The molecule has 0 bridgehead atoms. The number of allylic oxidation sites excluding steroid dienone is 3. The molecule has 0 aromatic rings. The van der Waals surface area contributed by atoms with Crippen molar-refractivity contribution in [3.05, 3.63) is 24.3 Å². The first kappa shape index (κ1) is 11.4. The molecule has 0 aromatic heterocycles. The van der Waals surface area contributed by atoms with Gasteiger partial charge in [0, 0.05) is 6.08 Å². The zero-order chi connectivity index (χ0) is 10.3. The van der Waals surface area contributed by atoms with Crippen LogP contribution in [0, 0.1) is 0 Å². The fraction of sp³-hybridized carbons (Fsp3) is 0.333. The Morgan fingerprint density at radius 2 is 2.00 bits per heavy atom. The molecule has 0 unspecified atom stereocenters. The van der Waals surface area contributed by atoms with Crippen molar-refractivity contribution in [2.24, 2.45) is 0 Å². The molecule has 0 aromatic carbocycles. The van der Waals surface area contributed by atoms with Crippen LogP contribution in [0.3, 0.4) is 0 Å². The van der Waals surface area contributed by atoms with Gasteiger partial charge in [0.05, 0.1) is 0 Å². The van der Waals surface area contributed by atoms with Crippen LogP contribution in [0.25, 0.3) is 0 Å². The Bertz CT molecular complexity index is 243. The molecule has 0 saturated heterocycles. The van der Waals surface area contributed by atoms with Crippen LogP contribution in [-0.2, 0) is 9.59 Å². The van der Waals surface area contributed by atoms with E-state index in [1.807, 2.05) is 6.92 Å². The molecule has 0 fully saturated rings. The molecule has 0 aliphatic heterocycles. The Morgan fingerprint density at radius 3 is 2.46 bits per heavy atom. The second-order valence-electron chi connectivity index (χ2n) is 2.45. The molecule has 72 valence electrons. The van der Waals surface area contributed by atoms with Gasteiger partial charge < -0.3 is 10.4 Å². The largest absolute Gasteiger partial charge is 0.480 e. The SMILES string of the molecule is CC=CC=CC(=O)N[C@@H](C)C(=O)O. The van der Waals surface area contributed by atoms with Crippen molar-refractivity contribution in [1.29, 1.82) is 0 Å². The van der Waals surface area contributed by atoms with Crippen LogP contribution in [0.4, 0.5) is 0 Å². The van der Waals surface area contributed by atoms with E-state index in [0.717, 1.165) is 0 Å². The standard InChI is InChI=1S/C9H13NO3/c1-3-4-5-6-8(11)10-7(2)9(12)13/h3-7H,1-2H3,(H,10,11)(H,12,13)/t7-/m0/s1. The molecule has 0 aliphatic rings. The average molecular weight is 183 g/mol. The maximum absolute atomic E-state index is 10.9. The second kappa shape index (κ2) is 5.99. The molecule has 0 heterocycles. The van der Waals surface area contributed by atoms with Crippen LogP contribution >= 0.6 is 0 Å². The summed E-state index contributed by atoms with van der Waals surface area (Å²) in [6, 6.07) is -0.859. The lowest BCUT2D eigenvalue weighted by atomic mass is 10.3. The Labute approximate surface area is 76.9 Å². The lowest BCUT2D eigenvalue weighted by Gasteiger charge is -2.05. The summed E-state index contributed by atoms with van der Waals surface area (Å²) in [6.07, 6.45) is 6.28. The molecule has 2 N–H and O–H groups in total. The highest BCUT2D eigenvalue weighted by molar-refractivity contribution is 5.91. The predicted octanol–water partition coefficient (Wildman–Crippen LogP) is 0.708. The van der Waals surface area contributed by atoms with Gasteiger partial charge in [-0.05, 0) is 13.8 Å². The number of nitrogens with one attached hydrogen (secondary N) is 1. The average Bonchev–Trinajstić information content (AvgIpc) is 2.04. The Balaban J connectivity index is 3.94. The molecule has 0 aliphatic carbocycles. The molecule has 0 rings (SSSR count). The van der Waals surface area contributed by atoms with E-state index in [0.29, 0.717) is 0 Å². The normalized spacial score (nSPS) is 13.4. The van der Waals surface area contributed by atoms with Crippen molar-refractivity contribution < 1.29 is 14.7 Å². The fourth-order valence-corrected chi connectivity index (χ4v) is 0.577. The van der Waals surface area contributed by atoms with E-state index in [4.69, 9.17) is 5.11 Å². The van der Waals surface area contributed by atoms with E-state index in [9.17, 15) is 9.59 Å². The summed E-state index contributed by atoms with van der Waals surface area (Å²) in [5.74, 6) is -1.46. The van der Waals surface area contributed by atoms with E-state index in [1.54, 1.807) is 18.2 Å². The van der Waals surface area contributed by atoms with Crippen molar-refractivity contribution in [2.45, 2.75) is 19.9 Å². The van der Waals surface area contributed by atoms with Crippen molar-refractivity contribution >= 4 is 11.9 Å². The quantitative estimate of drug-likeness (QED) is 0.498. The van der Waals surface area contributed by atoms with Gasteiger partial charge in [-0.15, -0.1) is 0 Å². The third-order valence-electron chi connectivity index (χ3n) is 1.28. The molecule has 0 radical (unpaired) electrons. The topological polar surface area (TPSA) is 66.4 Å². The van der Waals surface area contributed by atoms with Gasteiger partial charge in [0.15, 0.2) is 0 Å². The van der Waals surface area contributed by atoms with Crippen LogP contribution in [0.15, 0.2) is 24.3 Å². The fourth-order valence-electron chi connectivity index (χ4n) is 0.577. The van der Waals surface area contributed by atoms with Gasteiger partial charge in [-0.3, -0.25) is 9.59 Å². The molecule has 0 saturated carbocycles. The third kappa shape index (κ3) is 5.66. The first-order valence-corrected chi connectivity index (χ1v) is 3.90. The Kier molecular flexibility index (Phi) is 5.27. The molecule has 13 heavy (non-hydrogen) atoms. The van der Waals surface area contributed by atoms with Crippen LogP contribution in [0.5, 0.6) is 0 Å². The second-order valence-corrected chi connectivity index (χ2v) is 2.45. The number of carbonyl (C=O) groups is 2. The van der Waals surface area contributed by atoms with Crippen molar-refractivity contribution in [2.75, 3.05) is 0 Å². The van der Waals surface area contributed by atoms with Crippen molar-refractivity contribution in [3.8, 4) is 0 Å². The number of hydrogen-bond acceptors (Lipinski definition) is 2. The summed E-state index contributed by atoms with van der Waals surface area (Å²) in [5, 5.41) is 10.7. The zero-order valence-corrected chi connectivity index (χ0v) is 7.65. The monoisotopic (exact) mass is 183 g/mol.